The molecule has 1 saturated heterocycles. The second kappa shape index (κ2) is 9.16. The summed E-state index contributed by atoms with van der Waals surface area (Å²) in [6.45, 7) is 5.21. The van der Waals surface area contributed by atoms with E-state index in [-0.39, 0.29) is 10.7 Å². The molecule has 1 aliphatic rings. The molecule has 4 amide bonds. The van der Waals surface area contributed by atoms with Gasteiger partial charge in [0.25, 0.3) is 5.91 Å². The van der Waals surface area contributed by atoms with Gasteiger partial charge in [-0.05, 0) is 43.3 Å². The predicted octanol–water partition coefficient (Wildman–Crippen LogP) is 2.87. The fourth-order valence-electron chi connectivity index (χ4n) is 4.00. The van der Waals surface area contributed by atoms with Crippen LogP contribution in [-0.2, 0) is 25.2 Å². The van der Waals surface area contributed by atoms with Crippen LogP contribution in [0.15, 0.2) is 63.9 Å². The first kappa shape index (κ1) is 24.4. The van der Waals surface area contributed by atoms with E-state index in [0.717, 1.165) is 10.3 Å². The summed E-state index contributed by atoms with van der Waals surface area (Å²) in [4.78, 5) is 39.2. The zero-order chi connectivity index (χ0) is 25.4. The van der Waals surface area contributed by atoms with Crippen LogP contribution in [0.3, 0.4) is 0 Å². The van der Waals surface area contributed by atoms with Crippen LogP contribution >= 0.6 is 0 Å². The van der Waals surface area contributed by atoms with Gasteiger partial charge in [-0.25, -0.2) is 13.2 Å². The van der Waals surface area contributed by atoms with Gasteiger partial charge in [0.15, 0.2) is 5.54 Å². The Hall–Kier alpha value is -3.70. The molecule has 3 aromatic rings. The molecule has 0 unspecified atom stereocenters. The van der Waals surface area contributed by atoms with E-state index in [2.05, 4.69) is 10.6 Å². The molecule has 2 heterocycles. The third-order valence-electron chi connectivity index (χ3n) is 5.98. The highest BCUT2D eigenvalue weighted by Crippen LogP contribution is 2.33. The number of sulfonamides is 1. The average Bonchev–Trinajstić information content (AvgIpc) is 3.36. The number of nitrogens with zero attached hydrogens (tertiary/aromatic N) is 2. The summed E-state index contributed by atoms with van der Waals surface area (Å²) in [7, 11) is -3.62. The third kappa shape index (κ3) is 4.40. The van der Waals surface area contributed by atoms with Gasteiger partial charge in [-0.3, -0.25) is 14.5 Å². The van der Waals surface area contributed by atoms with Gasteiger partial charge < -0.3 is 15.1 Å². The van der Waals surface area contributed by atoms with Crippen molar-refractivity contribution in [1.29, 1.82) is 0 Å². The second-order valence-electron chi connectivity index (χ2n) is 8.26. The molecular weight excluding hydrogens is 472 g/mol. The third-order valence-corrected chi connectivity index (χ3v) is 8.04. The zero-order valence-corrected chi connectivity index (χ0v) is 20.4. The zero-order valence-electron chi connectivity index (χ0n) is 19.6. The lowest BCUT2D eigenvalue weighted by Gasteiger charge is -2.19. The fraction of sp³-hybridized carbons (Fsp3) is 0.292. The van der Waals surface area contributed by atoms with E-state index in [1.54, 1.807) is 32.0 Å². The second-order valence-corrected chi connectivity index (χ2v) is 10.2. The maximum absolute atomic E-state index is 13.1. The van der Waals surface area contributed by atoms with E-state index in [0.29, 0.717) is 24.4 Å². The standard InChI is InChI=1S/C24H26N4O6S/c1-4-27(5-2)35(32,33)18-12-10-17(11-13-18)25-21(29)15-28-22(30)24(3,26-23(28)31)20-14-16-8-6-7-9-19(16)34-20/h6-14H,4-5,15H2,1-3H3,(H,25,29)(H,26,31)/t24-/m0/s1. The molecule has 0 aliphatic carbocycles. The van der Waals surface area contributed by atoms with Gasteiger partial charge in [0.1, 0.15) is 17.9 Å². The number of anilines is 1. The maximum atomic E-state index is 13.1. The Bertz CT molecular complexity index is 1360. The van der Waals surface area contributed by atoms with Crippen molar-refractivity contribution in [2.75, 3.05) is 25.0 Å². The smallest absolute Gasteiger partial charge is 0.325 e. The van der Waals surface area contributed by atoms with Gasteiger partial charge in [0.05, 0.1) is 4.90 Å². The number of para-hydroxylation sites is 1. The van der Waals surface area contributed by atoms with Crippen molar-refractivity contribution in [1.82, 2.24) is 14.5 Å². The molecule has 10 nitrogen and oxygen atoms in total. The van der Waals surface area contributed by atoms with Gasteiger partial charge in [0.2, 0.25) is 15.9 Å². The van der Waals surface area contributed by atoms with Crippen LogP contribution < -0.4 is 10.6 Å². The molecule has 0 bridgehead atoms. The summed E-state index contributed by atoms with van der Waals surface area (Å²) in [6, 6.07) is 13.9. The first-order valence-electron chi connectivity index (χ1n) is 11.1. The van der Waals surface area contributed by atoms with E-state index in [9.17, 15) is 22.8 Å². The van der Waals surface area contributed by atoms with Crippen LogP contribution in [0.2, 0.25) is 0 Å². The van der Waals surface area contributed by atoms with Crippen LogP contribution in [0.4, 0.5) is 10.5 Å². The van der Waals surface area contributed by atoms with Crippen molar-refractivity contribution in [3.05, 3.63) is 60.4 Å². The van der Waals surface area contributed by atoms with Gasteiger partial charge in [-0.2, -0.15) is 4.31 Å². The Labute approximate surface area is 202 Å². The number of furan rings is 1. The van der Waals surface area contributed by atoms with Crippen molar-refractivity contribution in [3.8, 4) is 0 Å². The number of imide groups is 1. The molecule has 0 spiro atoms. The normalized spacial score (nSPS) is 18.3. The molecule has 0 radical (unpaired) electrons. The molecule has 0 saturated carbocycles. The number of hydrogen-bond acceptors (Lipinski definition) is 6. The quantitative estimate of drug-likeness (QED) is 0.460. The number of hydrogen-bond donors (Lipinski definition) is 2. The number of amides is 4. The van der Waals surface area contributed by atoms with Crippen LogP contribution in [0.5, 0.6) is 0 Å². The molecule has 4 rings (SSSR count). The lowest BCUT2D eigenvalue weighted by atomic mass is 9.99. The Morgan fingerprint density at radius 2 is 1.74 bits per heavy atom. The van der Waals surface area contributed by atoms with E-state index in [4.69, 9.17) is 4.42 Å². The summed E-state index contributed by atoms with van der Waals surface area (Å²) in [6.07, 6.45) is 0. The largest absolute Gasteiger partial charge is 0.458 e. The Morgan fingerprint density at radius 1 is 1.09 bits per heavy atom. The van der Waals surface area contributed by atoms with Crippen LogP contribution in [-0.4, -0.2) is 55.1 Å². The van der Waals surface area contributed by atoms with Crippen molar-refractivity contribution in [2.24, 2.45) is 0 Å². The Morgan fingerprint density at radius 3 is 2.37 bits per heavy atom. The van der Waals surface area contributed by atoms with Crippen molar-refractivity contribution >= 4 is 44.5 Å². The van der Waals surface area contributed by atoms with E-state index in [1.807, 2.05) is 12.1 Å². The summed E-state index contributed by atoms with van der Waals surface area (Å²) < 4.78 is 32.3. The van der Waals surface area contributed by atoms with Gasteiger partial charge in [-0.1, -0.05) is 32.0 Å². The number of nitrogens with one attached hydrogen (secondary N) is 2. The van der Waals surface area contributed by atoms with E-state index >= 15 is 0 Å². The van der Waals surface area contributed by atoms with Gasteiger partial charge in [0, 0.05) is 24.2 Å². The fourth-order valence-corrected chi connectivity index (χ4v) is 5.46. The monoisotopic (exact) mass is 498 g/mol. The van der Waals surface area contributed by atoms with Crippen molar-refractivity contribution < 1.29 is 27.2 Å². The van der Waals surface area contributed by atoms with Crippen LogP contribution in [0.25, 0.3) is 11.0 Å². The highest BCUT2D eigenvalue weighted by molar-refractivity contribution is 7.89. The summed E-state index contributed by atoms with van der Waals surface area (Å²) in [5.74, 6) is -0.955. The molecule has 1 atom stereocenters. The van der Waals surface area contributed by atoms with E-state index in [1.165, 1.54) is 35.5 Å². The minimum absolute atomic E-state index is 0.106. The molecule has 2 N–H and O–H groups in total. The molecule has 184 valence electrons. The van der Waals surface area contributed by atoms with Gasteiger partial charge in [-0.15, -0.1) is 0 Å². The lowest BCUT2D eigenvalue weighted by Crippen LogP contribution is -2.41. The first-order valence-corrected chi connectivity index (χ1v) is 12.6. The molecule has 2 aromatic carbocycles. The number of carbonyl (C=O) groups is 3. The maximum Gasteiger partial charge on any atom is 0.325 e. The number of benzene rings is 2. The SMILES string of the molecule is CCN(CC)S(=O)(=O)c1ccc(NC(=O)CN2C(=O)N[C@@](C)(c3cc4ccccc4o3)C2=O)cc1. The molecule has 1 aromatic heterocycles. The van der Waals surface area contributed by atoms with E-state index < -0.39 is 40.0 Å². The molecule has 1 fully saturated rings. The summed E-state index contributed by atoms with van der Waals surface area (Å²) in [5.41, 5.74) is -0.536. The van der Waals surface area contributed by atoms with Crippen molar-refractivity contribution in [2.45, 2.75) is 31.2 Å². The highest BCUT2D eigenvalue weighted by Gasteiger charge is 2.51. The summed E-state index contributed by atoms with van der Waals surface area (Å²) in [5, 5.41) is 5.99. The Kier molecular flexibility index (Phi) is 6.39. The number of fused-ring (bicyclic) bond motifs is 1. The van der Waals surface area contributed by atoms with Gasteiger partial charge >= 0.3 is 6.03 Å². The highest BCUT2D eigenvalue weighted by atomic mass is 32.2. The lowest BCUT2D eigenvalue weighted by molar-refractivity contribution is -0.134. The number of urea groups is 1. The van der Waals surface area contributed by atoms with Crippen LogP contribution in [0.1, 0.15) is 26.5 Å². The number of rotatable bonds is 8. The minimum atomic E-state index is -3.62. The molecule has 11 heteroatoms. The first-order chi connectivity index (χ1) is 16.6. The molecular formula is C24H26N4O6S. The number of carbonyl (C=O) groups excluding carboxylic acids is 3. The molecule has 1 aliphatic heterocycles. The minimum Gasteiger partial charge on any atom is -0.458 e. The predicted molar refractivity (Wildman–Crippen MR) is 129 cm³/mol. The summed E-state index contributed by atoms with van der Waals surface area (Å²) >= 11 is 0. The Balaban J connectivity index is 1.45. The molecule has 35 heavy (non-hydrogen) atoms. The van der Waals surface area contributed by atoms with Crippen molar-refractivity contribution in [3.63, 3.8) is 0 Å². The average molecular weight is 499 g/mol. The van der Waals surface area contributed by atoms with Crippen LogP contribution in [0, 0.1) is 0 Å². The topological polar surface area (TPSA) is 129 Å².